The molecule has 2 rings (SSSR count). The second-order valence-electron chi connectivity index (χ2n) is 6.43. The summed E-state index contributed by atoms with van der Waals surface area (Å²) in [5, 5.41) is 29.5. The minimum Gasteiger partial charge on any atom is -0.481 e. The number of aliphatic hydroxyl groups is 1. The zero-order chi connectivity index (χ0) is 20.3. The van der Waals surface area contributed by atoms with Crippen LogP contribution in [-0.4, -0.2) is 56.6 Å². The molecule has 10 heteroatoms. The summed E-state index contributed by atoms with van der Waals surface area (Å²) >= 11 is 0. The molecule has 0 saturated carbocycles. The number of aliphatic carboxylic acids is 1. The van der Waals surface area contributed by atoms with E-state index < -0.39 is 53.3 Å². The number of carbonyl (C=O) groups is 3. The van der Waals surface area contributed by atoms with Crippen molar-refractivity contribution in [2.75, 3.05) is 6.54 Å². The third-order valence-corrected chi connectivity index (χ3v) is 4.56. The number of β-lactam (4-membered cyclic amide) rings is 1. The van der Waals surface area contributed by atoms with Gasteiger partial charge in [0.1, 0.15) is 13.2 Å². The molecule has 0 bridgehead atoms. The van der Waals surface area contributed by atoms with E-state index in [1.807, 2.05) is 0 Å². The monoisotopic (exact) mass is 380 g/mol. The van der Waals surface area contributed by atoms with Gasteiger partial charge in [-0.3, -0.25) is 24.5 Å². The fourth-order valence-corrected chi connectivity index (χ4v) is 3.06. The number of nitrogens with zero attached hydrogens (tertiary/aromatic N) is 2. The van der Waals surface area contributed by atoms with E-state index in [-0.39, 0.29) is 12.3 Å². The highest BCUT2D eigenvalue weighted by Gasteiger charge is 2.54. The number of carboxylic acids is 1. The molecule has 1 saturated heterocycles. The summed E-state index contributed by atoms with van der Waals surface area (Å²) in [5.74, 6) is -4.21. The molecule has 1 aromatic carbocycles. The Bertz CT molecular complexity index is 746. The molecule has 1 aliphatic heterocycles. The summed E-state index contributed by atoms with van der Waals surface area (Å²) in [6.07, 6.45) is -1.03. The molecule has 1 heterocycles. The quantitative estimate of drug-likeness (QED) is 0.288. The lowest BCUT2D eigenvalue weighted by Gasteiger charge is -2.49. The lowest BCUT2D eigenvalue weighted by molar-refractivity contribution is -0.384. The molecule has 1 aliphatic rings. The van der Waals surface area contributed by atoms with Crippen molar-refractivity contribution in [2.45, 2.75) is 32.6 Å². The largest absolute Gasteiger partial charge is 0.481 e. The van der Waals surface area contributed by atoms with E-state index >= 15 is 0 Å². The smallest absolute Gasteiger partial charge is 0.325 e. The Morgan fingerprint density at radius 3 is 2.37 bits per heavy atom. The van der Waals surface area contributed by atoms with Crippen LogP contribution in [0.25, 0.3) is 0 Å². The molecular formula is C17H20N2O8. The number of rotatable bonds is 8. The van der Waals surface area contributed by atoms with Gasteiger partial charge >= 0.3 is 11.9 Å². The number of carboxylic acid groups (broad SMARTS) is 1. The number of nitro groups is 1. The van der Waals surface area contributed by atoms with Crippen LogP contribution in [0.4, 0.5) is 5.69 Å². The highest BCUT2D eigenvalue weighted by atomic mass is 16.6. The maximum atomic E-state index is 12.2. The summed E-state index contributed by atoms with van der Waals surface area (Å²) in [7, 11) is 0. The Morgan fingerprint density at radius 1 is 1.30 bits per heavy atom. The van der Waals surface area contributed by atoms with E-state index in [9.17, 15) is 34.7 Å². The van der Waals surface area contributed by atoms with Crippen molar-refractivity contribution in [1.82, 2.24) is 4.90 Å². The summed E-state index contributed by atoms with van der Waals surface area (Å²) in [5.41, 5.74) is 0.437. The van der Waals surface area contributed by atoms with E-state index in [1.54, 1.807) is 0 Å². The normalized spacial score (nSPS) is 21.1. The fraction of sp³-hybridized carbons (Fsp3) is 0.471. The number of benzene rings is 1. The van der Waals surface area contributed by atoms with Crippen molar-refractivity contribution >= 4 is 23.5 Å². The van der Waals surface area contributed by atoms with Crippen molar-refractivity contribution in [3.05, 3.63) is 39.9 Å². The van der Waals surface area contributed by atoms with Gasteiger partial charge < -0.3 is 19.8 Å². The molecule has 146 valence electrons. The van der Waals surface area contributed by atoms with Crippen LogP contribution in [-0.2, 0) is 25.7 Å². The Labute approximate surface area is 154 Å². The number of likely N-dealkylation sites (tertiary alicyclic amines) is 1. The minimum atomic E-state index is -1.14. The molecule has 1 amide bonds. The molecule has 4 atom stereocenters. The molecule has 0 unspecified atom stereocenters. The first-order valence-corrected chi connectivity index (χ1v) is 8.23. The number of amides is 1. The third kappa shape index (κ3) is 4.40. The second-order valence-corrected chi connectivity index (χ2v) is 6.43. The zero-order valence-electron chi connectivity index (χ0n) is 14.8. The summed E-state index contributed by atoms with van der Waals surface area (Å²) < 4.78 is 5.05. The number of nitro benzene ring substituents is 1. The highest BCUT2D eigenvalue weighted by molar-refractivity contribution is 5.91. The number of aliphatic hydroxyl groups excluding tert-OH is 1. The van der Waals surface area contributed by atoms with Gasteiger partial charge in [0.25, 0.3) is 5.69 Å². The third-order valence-electron chi connectivity index (χ3n) is 4.56. The van der Waals surface area contributed by atoms with Crippen LogP contribution < -0.4 is 0 Å². The Balaban J connectivity index is 1.96. The second kappa shape index (κ2) is 8.12. The van der Waals surface area contributed by atoms with Crippen LogP contribution in [0.3, 0.4) is 0 Å². The van der Waals surface area contributed by atoms with Gasteiger partial charge in [-0.05, 0) is 31.5 Å². The number of esters is 1. The van der Waals surface area contributed by atoms with Gasteiger partial charge in [0.05, 0.1) is 28.9 Å². The van der Waals surface area contributed by atoms with Crippen LogP contribution in [0.1, 0.15) is 19.4 Å². The lowest BCUT2D eigenvalue weighted by atomic mass is 9.76. The predicted octanol–water partition coefficient (Wildman–Crippen LogP) is 0.567. The molecule has 27 heavy (non-hydrogen) atoms. The Hall–Kier alpha value is -3.01. The van der Waals surface area contributed by atoms with Gasteiger partial charge in [0, 0.05) is 12.1 Å². The zero-order valence-corrected chi connectivity index (χ0v) is 14.8. The van der Waals surface area contributed by atoms with Crippen molar-refractivity contribution < 1.29 is 34.3 Å². The maximum absolute atomic E-state index is 12.2. The number of non-ortho nitro benzene ring substituents is 1. The lowest BCUT2D eigenvalue weighted by Crippen LogP contribution is -2.68. The number of carbonyl (C=O) groups excluding carboxylic acids is 2. The first kappa shape index (κ1) is 20.3. The molecule has 0 spiro atoms. The maximum Gasteiger partial charge on any atom is 0.325 e. The van der Waals surface area contributed by atoms with Gasteiger partial charge in [-0.2, -0.15) is 0 Å². The predicted molar refractivity (Wildman–Crippen MR) is 90.4 cm³/mol. The first-order valence-electron chi connectivity index (χ1n) is 8.23. The van der Waals surface area contributed by atoms with Crippen LogP contribution >= 0.6 is 0 Å². The van der Waals surface area contributed by atoms with E-state index in [0.717, 1.165) is 4.90 Å². The molecule has 0 radical (unpaired) electrons. The SMILES string of the molecule is C[C@@H](O)[C@H]1C(=O)N(CC(=O)OCc2ccc([N+](=O)[O-])cc2)[C@@H]1[C@@H](C)C(=O)O. The Kier molecular flexibility index (Phi) is 6.11. The standard InChI is InChI=1S/C17H20N2O8/c1-9(17(23)24)15-14(10(2)20)16(22)18(15)7-13(21)27-8-11-3-5-12(6-4-11)19(25)26/h3-6,9-10,14-15,20H,7-8H2,1-2H3,(H,23,24)/t9-,10-,14-,15-/m1/s1. The van der Waals surface area contributed by atoms with Gasteiger partial charge in [-0.15, -0.1) is 0 Å². The molecule has 1 fully saturated rings. The minimum absolute atomic E-state index is 0.0917. The molecule has 10 nitrogen and oxygen atoms in total. The van der Waals surface area contributed by atoms with E-state index in [4.69, 9.17) is 4.74 Å². The summed E-state index contributed by atoms with van der Waals surface area (Å²) in [6, 6.07) is 4.64. The van der Waals surface area contributed by atoms with Crippen LogP contribution in [0, 0.1) is 22.0 Å². The number of hydrogen-bond acceptors (Lipinski definition) is 7. The van der Waals surface area contributed by atoms with Crippen LogP contribution in [0.5, 0.6) is 0 Å². The van der Waals surface area contributed by atoms with Crippen LogP contribution in [0.2, 0.25) is 0 Å². The first-order chi connectivity index (χ1) is 12.6. The topological polar surface area (TPSA) is 147 Å². The van der Waals surface area contributed by atoms with E-state index in [1.165, 1.54) is 38.1 Å². The highest BCUT2D eigenvalue weighted by Crippen LogP contribution is 2.34. The van der Waals surface area contributed by atoms with Gasteiger partial charge in [0.2, 0.25) is 5.91 Å². The van der Waals surface area contributed by atoms with Gasteiger partial charge in [0.15, 0.2) is 0 Å². The van der Waals surface area contributed by atoms with Crippen LogP contribution in [0.15, 0.2) is 24.3 Å². The fourth-order valence-electron chi connectivity index (χ4n) is 3.06. The summed E-state index contributed by atoms with van der Waals surface area (Å²) in [4.78, 5) is 46.6. The average molecular weight is 380 g/mol. The Morgan fingerprint density at radius 2 is 1.89 bits per heavy atom. The number of ether oxygens (including phenoxy) is 1. The molecule has 1 aromatic rings. The van der Waals surface area contributed by atoms with E-state index in [0.29, 0.717) is 5.56 Å². The van der Waals surface area contributed by atoms with Crippen molar-refractivity contribution in [1.29, 1.82) is 0 Å². The van der Waals surface area contributed by atoms with E-state index in [2.05, 4.69) is 0 Å². The molecule has 0 aliphatic carbocycles. The molecular weight excluding hydrogens is 360 g/mol. The average Bonchev–Trinajstić information content (AvgIpc) is 2.61. The molecule has 2 N–H and O–H groups in total. The number of hydrogen-bond donors (Lipinski definition) is 2. The van der Waals surface area contributed by atoms with Crippen molar-refractivity contribution in [2.24, 2.45) is 11.8 Å². The van der Waals surface area contributed by atoms with Gasteiger partial charge in [-0.25, -0.2) is 0 Å². The summed E-state index contributed by atoms with van der Waals surface area (Å²) in [6.45, 7) is 2.23. The van der Waals surface area contributed by atoms with Gasteiger partial charge in [-0.1, -0.05) is 0 Å². The molecule has 0 aromatic heterocycles. The van der Waals surface area contributed by atoms with Crippen molar-refractivity contribution in [3.8, 4) is 0 Å². The van der Waals surface area contributed by atoms with Crippen molar-refractivity contribution in [3.63, 3.8) is 0 Å².